The van der Waals surface area contributed by atoms with Crippen LogP contribution in [-0.4, -0.2) is 52.2 Å². The van der Waals surface area contributed by atoms with Gasteiger partial charge in [0.2, 0.25) is 0 Å². The highest BCUT2D eigenvalue weighted by Gasteiger charge is 2.91. The van der Waals surface area contributed by atoms with Gasteiger partial charge in [0.1, 0.15) is 24.4 Å². The first-order valence-electron chi connectivity index (χ1n) is 10.6. The summed E-state index contributed by atoms with van der Waals surface area (Å²) >= 11 is 82.7. The van der Waals surface area contributed by atoms with Gasteiger partial charge in [0, 0.05) is 23.7 Å². The highest BCUT2D eigenvalue weighted by atomic mass is 35.5. The van der Waals surface area contributed by atoms with Crippen LogP contribution in [0.1, 0.15) is 33.3 Å². The van der Waals surface area contributed by atoms with Crippen LogP contribution >= 0.6 is 139 Å². The quantitative estimate of drug-likeness (QED) is 0.231. The Labute approximate surface area is 281 Å². The van der Waals surface area contributed by atoms with Crippen LogP contribution in [0.15, 0.2) is 37.2 Å². The molecule has 0 spiro atoms. The molecule has 39 heavy (non-hydrogen) atoms. The van der Waals surface area contributed by atoms with Crippen molar-refractivity contribution in [2.75, 3.05) is 0 Å². The number of hydrogen-bond donors (Lipinski definition) is 2. The third kappa shape index (κ3) is 2.87. The van der Waals surface area contributed by atoms with E-state index in [4.69, 9.17) is 139 Å². The Bertz CT molecular complexity index is 1620. The van der Waals surface area contributed by atoms with E-state index in [-0.39, 0.29) is 31.3 Å². The standard InChI is InChI=1S/C21H8Cl12O5S/c22-11-13(24)18(28)9-7(16(11,26)20(18,30)31)3-1-5(15(34)35)6(39(36,37)38)2-4(3)8-10(9)19(29)14(25)12(23)17(8,27)21(19,32)33/h1-2,7-10H,(H,34,35)(H,36,37,38)/t7-,8+,9+,10-,16-,17+,18+,19-/m0/s1. The lowest BCUT2D eigenvalue weighted by atomic mass is 9.57. The summed E-state index contributed by atoms with van der Waals surface area (Å²) in [7, 11) is -5.11. The first kappa shape index (κ1) is 30.6. The minimum Gasteiger partial charge on any atom is -0.478 e. The smallest absolute Gasteiger partial charge is 0.337 e. The molecule has 0 saturated heterocycles. The first-order valence-corrected chi connectivity index (χ1v) is 16.5. The van der Waals surface area contributed by atoms with Crippen LogP contribution in [0.4, 0.5) is 0 Å². The van der Waals surface area contributed by atoms with Crippen molar-refractivity contribution in [3.8, 4) is 0 Å². The molecular weight excluding hydrogens is 790 g/mol. The van der Waals surface area contributed by atoms with Gasteiger partial charge in [-0.05, 0) is 23.3 Å². The molecule has 0 radical (unpaired) electrons. The van der Waals surface area contributed by atoms with E-state index in [1.54, 1.807) is 0 Å². The topological polar surface area (TPSA) is 91.7 Å². The number of fused-ring (bicyclic) bond motifs is 14. The monoisotopic (exact) mass is 792 g/mol. The normalized spacial score (nSPS) is 44.5. The lowest BCUT2D eigenvalue weighted by Gasteiger charge is -2.52. The van der Waals surface area contributed by atoms with Crippen LogP contribution in [0.5, 0.6) is 0 Å². The largest absolute Gasteiger partial charge is 0.478 e. The van der Waals surface area contributed by atoms with Gasteiger partial charge in [-0.3, -0.25) is 4.55 Å². The molecule has 8 atom stereocenters. The molecule has 0 aliphatic heterocycles. The summed E-state index contributed by atoms with van der Waals surface area (Å²) in [4.78, 5) is 3.26. The van der Waals surface area contributed by atoms with E-state index >= 15 is 0 Å². The van der Waals surface area contributed by atoms with Gasteiger partial charge in [0.05, 0.1) is 25.7 Å². The van der Waals surface area contributed by atoms with Crippen molar-refractivity contribution >= 4 is 155 Å². The maximum atomic E-state index is 12.3. The predicted octanol–water partition coefficient (Wildman–Crippen LogP) is 8.74. The summed E-state index contributed by atoms with van der Waals surface area (Å²) in [5, 5.41) is 9.02. The van der Waals surface area contributed by atoms with Crippen molar-refractivity contribution in [1.29, 1.82) is 0 Å². The number of carboxylic acids is 1. The van der Waals surface area contributed by atoms with E-state index in [0.29, 0.717) is 0 Å². The fourth-order valence-corrected chi connectivity index (χ4v) is 14.1. The van der Waals surface area contributed by atoms with Gasteiger partial charge in [-0.25, -0.2) is 4.79 Å². The molecule has 1 aromatic rings. The SMILES string of the molecule is O=C(O)c1cc2c(cc1S(=O)(=O)O)[C@@H]1[C@@H]([C@H]3[C@H]2[C@]2(Cl)C(Cl)=C(Cl)[C@@]3(Cl)C2(Cl)Cl)[C@]2(Cl)C(Cl)=C(Cl)[C@@]1(Cl)C2(Cl)Cl. The van der Waals surface area contributed by atoms with Crippen LogP contribution in [0, 0.1) is 11.8 Å². The molecule has 0 aromatic heterocycles. The predicted molar refractivity (Wildman–Crippen MR) is 156 cm³/mol. The maximum absolute atomic E-state index is 12.3. The molecule has 6 rings (SSSR count). The zero-order chi connectivity index (χ0) is 29.4. The molecule has 4 bridgehead atoms. The average Bonchev–Trinajstić information content (AvgIpc) is 3.16. The Balaban J connectivity index is 1.84. The molecule has 212 valence electrons. The third-order valence-corrected chi connectivity index (χ3v) is 18.2. The van der Waals surface area contributed by atoms with E-state index in [1.807, 2.05) is 0 Å². The van der Waals surface area contributed by atoms with Gasteiger partial charge in [-0.2, -0.15) is 8.42 Å². The first-order chi connectivity index (χ1) is 17.5. The summed E-state index contributed by atoms with van der Waals surface area (Å²) < 4.78 is 30.3. The van der Waals surface area contributed by atoms with Crippen molar-refractivity contribution in [3.63, 3.8) is 0 Å². The van der Waals surface area contributed by atoms with Crippen LogP contribution in [0.25, 0.3) is 0 Å². The lowest BCUT2D eigenvalue weighted by molar-refractivity contribution is 0.0691. The Morgan fingerprint density at radius 1 is 0.667 bits per heavy atom. The van der Waals surface area contributed by atoms with Crippen LogP contribution < -0.4 is 0 Å². The Morgan fingerprint density at radius 3 is 1.33 bits per heavy atom. The van der Waals surface area contributed by atoms with Gasteiger partial charge in [-0.1, -0.05) is 92.8 Å². The second kappa shape index (κ2) is 8.23. The highest BCUT2D eigenvalue weighted by Crippen LogP contribution is 2.88. The van der Waals surface area contributed by atoms with Crippen molar-refractivity contribution < 1.29 is 22.9 Å². The molecule has 5 aliphatic rings. The van der Waals surface area contributed by atoms with Crippen molar-refractivity contribution in [2.24, 2.45) is 11.8 Å². The van der Waals surface area contributed by atoms with Crippen LogP contribution in [0.3, 0.4) is 0 Å². The molecule has 5 nitrogen and oxygen atoms in total. The van der Waals surface area contributed by atoms with Crippen molar-refractivity contribution in [1.82, 2.24) is 0 Å². The number of carbonyl (C=O) groups is 1. The summed E-state index contributed by atoms with van der Waals surface area (Å²) in [5.41, 5.74) is -0.688. The zero-order valence-corrected chi connectivity index (χ0v) is 27.9. The summed E-state index contributed by atoms with van der Waals surface area (Å²) in [6.45, 7) is 0. The van der Waals surface area contributed by atoms with Gasteiger partial charge in [0.15, 0.2) is 8.67 Å². The lowest BCUT2D eigenvalue weighted by Crippen LogP contribution is -2.53. The molecule has 0 amide bonds. The second-order valence-corrected chi connectivity index (χ2v) is 18.0. The number of alkyl halides is 8. The fraction of sp³-hybridized carbons (Fsp3) is 0.476. The molecule has 5 aliphatic carbocycles. The van der Waals surface area contributed by atoms with Crippen LogP contribution in [0.2, 0.25) is 0 Å². The van der Waals surface area contributed by atoms with Gasteiger partial charge in [-0.15, -0.1) is 46.4 Å². The van der Waals surface area contributed by atoms with Gasteiger partial charge >= 0.3 is 5.97 Å². The number of hydrogen-bond acceptors (Lipinski definition) is 3. The Hall–Kier alpha value is 1.56. The van der Waals surface area contributed by atoms with Crippen LogP contribution in [-0.2, 0) is 10.1 Å². The van der Waals surface area contributed by atoms with E-state index in [0.717, 1.165) is 12.1 Å². The molecule has 2 saturated carbocycles. The highest BCUT2D eigenvalue weighted by molar-refractivity contribution is 7.86. The molecular formula is C21H8Cl12O5S. The molecule has 2 fully saturated rings. The van der Waals surface area contributed by atoms with E-state index in [1.165, 1.54) is 0 Å². The van der Waals surface area contributed by atoms with Crippen molar-refractivity contribution in [2.45, 2.75) is 44.9 Å². The summed E-state index contributed by atoms with van der Waals surface area (Å²) in [5.74, 6) is -6.33. The maximum Gasteiger partial charge on any atom is 0.337 e. The summed E-state index contributed by atoms with van der Waals surface area (Å²) in [6, 6.07) is 1.92. The number of allylic oxidation sites excluding steroid dienone is 4. The molecule has 1 aromatic carbocycles. The van der Waals surface area contributed by atoms with Crippen molar-refractivity contribution in [3.05, 3.63) is 49.0 Å². The number of benzene rings is 1. The van der Waals surface area contributed by atoms with E-state index in [9.17, 15) is 22.9 Å². The van der Waals surface area contributed by atoms with E-state index in [2.05, 4.69) is 0 Å². The minimum atomic E-state index is -5.11. The minimum absolute atomic E-state index is 0.0296. The second-order valence-electron chi connectivity index (χ2n) is 10.0. The van der Waals surface area contributed by atoms with E-state index < -0.39 is 78.4 Å². The number of rotatable bonds is 2. The fourth-order valence-electron chi connectivity index (χ4n) is 7.31. The third-order valence-electron chi connectivity index (χ3n) is 8.74. The number of aromatic carboxylic acids is 1. The molecule has 0 unspecified atom stereocenters. The number of carboxylic acid groups (broad SMARTS) is 1. The number of halogens is 12. The van der Waals surface area contributed by atoms with Gasteiger partial charge in [0.25, 0.3) is 10.1 Å². The average molecular weight is 798 g/mol. The Morgan fingerprint density at radius 2 is 1.00 bits per heavy atom. The Kier molecular flexibility index (Phi) is 6.45. The molecule has 0 heterocycles. The molecule has 18 heteroatoms. The zero-order valence-electron chi connectivity index (χ0n) is 18.0. The van der Waals surface area contributed by atoms with Gasteiger partial charge < -0.3 is 5.11 Å². The molecule has 2 N–H and O–H groups in total. The summed E-state index contributed by atoms with van der Waals surface area (Å²) in [6.07, 6.45) is 0.